The molecule has 0 spiro atoms. The summed E-state index contributed by atoms with van der Waals surface area (Å²) in [6.45, 7) is 1.64. The lowest BCUT2D eigenvalue weighted by atomic mass is 10.2. The van der Waals surface area contributed by atoms with Gasteiger partial charge in [0.1, 0.15) is 6.10 Å². The standard InChI is InChI=1S/C15H21NO6/c17-14(15(18)19)12-9-21-13(22-12)6-7-16-10-20-8-11-4-2-1-3-5-11/h1-5,12-14,16-17H,6-10H2,(H,18,19)/t12-,13?,14?/m0/s1. The first-order valence-electron chi connectivity index (χ1n) is 7.17. The van der Waals surface area contributed by atoms with E-state index in [0.29, 0.717) is 26.3 Å². The second-order valence-electron chi connectivity index (χ2n) is 4.99. The Kier molecular flexibility index (Phi) is 6.75. The van der Waals surface area contributed by atoms with Gasteiger partial charge in [0.15, 0.2) is 12.4 Å². The lowest BCUT2D eigenvalue weighted by molar-refractivity contribution is -0.155. The Hall–Kier alpha value is -1.51. The van der Waals surface area contributed by atoms with Crippen molar-refractivity contribution in [3.63, 3.8) is 0 Å². The van der Waals surface area contributed by atoms with E-state index in [1.54, 1.807) is 0 Å². The molecule has 1 aliphatic rings. The molecule has 1 aromatic carbocycles. The van der Waals surface area contributed by atoms with Gasteiger partial charge in [-0.3, -0.25) is 5.32 Å². The predicted molar refractivity (Wildman–Crippen MR) is 77.0 cm³/mol. The van der Waals surface area contributed by atoms with E-state index in [-0.39, 0.29) is 6.61 Å². The molecule has 1 saturated heterocycles. The summed E-state index contributed by atoms with van der Waals surface area (Å²) in [5.41, 5.74) is 1.11. The van der Waals surface area contributed by atoms with Crippen molar-refractivity contribution < 1.29 is 29.2 Å². The highest BCUT2D eigenvalue weighted by Crippen LogP contribution is 2.17. The van der Waals surface area contributed by atoms with E-state index >= 15 is 0 Å². The van der Waals surface area contributed by atoms with Crippen LogP contribution in [0.1, 0.15) is 12.0 Å². The highest BCUT2D eigenvalue weighted by Gasteiger charge is 2.34. The molecule has 122 valence electrons. The lowest BCUT2D eigenvalue weighted by Gasteiger charge is -2.14. The topological polar surface area (TPSA) is 97.3 Å². The molecule has 0 saturated carbocycles. The molecular weight excluding hydrogens is 290 g/mol. The number of hydrogen-bond donors (Lipinski definition) is 3. The van der Waals surface area contributed by atoms with Gasteiger partial charge >= 0.3 is 5.97 Å². The Balaban J connectivity index is 1.52. The number of aliphatic hydroxyl groups excluding tert-OH is 1. The number of benzene rings is 1. The van der Waals surface area contributed by atoms with Crippen LogP contribution in [0.25, 0.3) is 0 Å². The fraction of sp³-hybridized carbons (Fsp3) is 0.533. The molecular formula is C15H21NO6. The molecule has 7 nitrogen and oxygen atoms in total. The smallest absolute Gasteiger partial charge is 0.335 e. The summed E-state index contributed by atoms with van der Waals surface area (Å²) >= 11 is 0. The monoisotopic (exact) mass is 311 g/mol. The van der Waals surface area contributed by atoms with Crippen LogP contribution >= 0.6 is 0 Å². The van der Waals surface area contributed by atoms with Gasteiger partial charge < -0.3 is 24.4 Å². The third kappa shape index (κ3) is 5.36. The molecule has 2 rings (SSSR count). The summed E-state index contributed by atoms with van der Waals surface area (Å²) in [7, 11) is 0. The van der Waals surface area contributed by atoms with Gasteiger partial charge in [-0.15, -0.1) is 0 Å². The van der Waals surface area contributed by atoms with Crippen molar-refractivity contribution in [1.82, 2.24) is 5.32 Å². The Bertz CT molecular complexity index is 455. The van der Waals surface area contributed by atoms with Crippen molar-refractivity contribution in [3.8, 4) is 0 Å². The van der Waals surface area contributed by atoms with E-state index in [2.05, 4.69) is 5.32 Å². The Morgan fingerprint density at radius 2 is 2.18 bits per heavy atom. The van der Waals surface area contributed by atoms with Crippen LogP contribution in [0.4, 0.5) is 0 Å². The third-order valence-electron chi connectivity index (χ3n) is 3.25. The van der Waals surface area contributed by atoms with Crippen molar-refractivity contribution in [2.24, 2.45) is 0 Å². The molecule has 7 heteroatoms. The minimum atomic E-state index is -1.55. The molecule has 3 N–H and O–H groups in total. The first-order chi connectivity index (χ1) is 10.7. The minimum absolute atomic E-state index is 0.0860. The molecule has 0 amide bonds. The summed E-state index contributed by atoms with van der Waals surface area (Å²) < 4.78 is 16.1. The van der Waals surface area contributed by atoms with E-state index in [1.165, 1.54) is 0 Å². The highest BCUT2D eigenvalue weighted by atomic mass is 16.7. The van der Waals surface area contributed by atoms with Crippen molar-refractivity contribution in [3.05, 3.63) is 35.9 Å². The fourth-order valence-electron chi connectivity index (χ4n) is 2.06. The Morgan fingerprint density at radius 1 is 1.41 bits per heavy atom. The first kappa shape index (κ1) is 16.9. The van der Waals surface area contributed by atoms with Gasteiger partial charge in [0.25, 0.3) is 0 Å². The minimum Gasteiger partial charge on any atom is -0.479 e. The molecule has 2 unspecified atom stereocenters. The van der Waals surface area contributed by atoms with Crippen molar-refractivity contribution in [1.29, 1.82) is 0 Å². The van der Waals surface area contributed by atoms with E-state index in [0.717, 1.165) is 5.56 Å². The number of carbonyl (C=O) groups is 1. The highest BCUT2D eigenvalue weighted by molar-refractivity contribution is 5.72. The van der Waals surface area contributed by atoms with E-state index in [9.17, 15) is 9.90 Å². The molecule has 0 aromatic heterocycles. The van der Waals surface area contributed by atoms with Gasteiger partial charge in [0.05, 0.1) is 19.9 Å². The van der Waals surface area contributed by atoms with E-state index < -0.39 is 24.5 Å². The maximum absolute atomic E-state index is 10.6. The summed E-state index contributed by atoms with van der Waals surface area (Å²) in [6, 6.07) is 9.87. The largest absolute Gasteiger partial charge is 0.479 e. The zero-order valence-electron chi connectivity index (χ0n) is 12.2. The normalized spacial score (nSPS) is 22.6. The van der Waals surface area contributed by atoms with Gasteiger partial charge in [0.2, 0.25) is 0 Å². The van der Waals surface area contributed by atoms with Crippen LogP contribution in [0.15, 0.2) is 30.3 Å². The number of carboxylic acid groups (broad SMARTS) is 1. The third-order valence-corrected chi connectivity index (χ3v) is 3.25. The van der Waals surface area contributed by atoms with Gasteiger partial charge in [-0.05, 0) is 5.56 Å². The van der Waals surface area contributed by atoms with Crippen LogP contribution < -0.4 is 5.32 Å². The Labute approximate surface area is 128 Å². The molecule has 0 bridgehead atoms. The fourth-order valence-corrected chi connectivity index (χ4v) is 2.06. The van der Waals surface area contributed by atoms with Gasteiger partial charge in [0, 0.05) is 13.0 Å². The van der Waals surface area contributed by atoms with Crippen LogP contribution in [-0.2, 0) is 25.6 Å². The zero-order chi connectivity index (χ0) is 15.8. The molecule has 1 aromatic rings. The molecule has 1 fully saturated rings. The summed E-state index contributed by atoms with van der Waals surface area (Å²) in [6.07, 6.45) is -2.30. The van der Waals surface area contributed by atoms with Gasteiger partial charge in [-0.2, -0.15) is 0 Å². The van der Waals surface area contributed by atoms with Crippen LogP contribution in [0, 0.1) is 0 Å². The maximum atomic E-state index is 10.6. The second-order valence-corrected chi connectivity index (χ2v) is 4.99. The van der Waals surface area contributed by atoms with E-state index in [1.807, 2.05) is 30.3 Å². The predicted octanol–water partition coefficient (Wildman–Crippen LogP) is 0.327. The van der Waals surface area contributed by atoms with Crippen LogP contribution in [-0.4, -0.2) is 54.6 Å². The van der Waals surface area contributed by atoms with Crippen molar-refractivity contribution >= 4 is 5.97 Å². The average molecular weight is 311 g/mol. The molecule has 1 heterocycles. The lowest BCUT2D eigenvalue weighted by Crippen LogP contribution is -2.35. The quantitative estimate of drug-likeness (QED) is 0.446. The second kappa shape index (κ2) is 8.82. The number of rotatable bonds is 9. The molecule has 3 atom stereocenters. The number of hydrogen-bond acceptors (Lipinski definition) is 6. The van der Waals surface area contributed by atoms with Gasteiger partial charge in [-0.25, -0.2) is 4.79 Å². The summed E-state index contributed by atoms with van der Waals surface area (Å²) in [4.78, 5) is 10.6. The first-order valence-corrected chi connectivity index (χ1v) is 7.17. The molecule has 22 heavy (non-hydrogen) atoms. The van der Waals surface area contributed by atoms with Crippen LogP contribution in [0.2, 0.25) is 0 Å². The van der Waals surface area contributed by atoms with Crippen LogP contribution in [0.3, 0.4) is 0 Å². The zero-order valence-corrected chi connectivity index (χ0v) is 12.2. The molecule has 0 radical (unpaired) electrons. The van der Waals surface area contributed by atoms with Gasteiger partial charge in [-0.1, -0.05) is 30.3 Å². The van der Waals surface area contributed by atoms with Crippen LogP contribution in [0.5, 0.6) is 0 Å². The number of ether oxygens (including phenoxy) is 3. The summed E-state index contributed by atoms with van der Waals surface area (Å²) in [5, 5.41) is 21.1. The summed E-state index contributed by atoms with van der Waals surface area (Å²) in [5.74, 6) is -1.30. The number of nitrogens with one attached hydrogen (secondary N) is 1. The number of aliphatic hydroxyl groups is 1. The SMILES string of the molecule is O=C(O)C(O)[C@@H]1COC(CCNCOCc2ccccc2)O1. The molecule has 0 aliphatic carbocycles. The molecule has 1 aliphatic heterocycles. The van der Waals surface area contributed by atoms with E-state index in [4.69, 9.17) is 19.3 Å². The van der Waals surface area contributed by atoms with Crippen molar-refractivity contribution in [2.45, 2.75) is 31.5 Å². The number of aliphatic carboxylic acids is 1. The average Bonchev–Trinajstić information content (AvgIpc) is 2.99. The van der Waals surface area contributed by atoms with Crippen molar-refractivity contribution in [2.75, 3.05) is 19.9 Å². The number of carboxylic acids is 1. The Morgan fingerprint density at radius 3 is 2.91 bits per heavy atom. The maximum Gasteiger partial charge on any atom is 0.335 e.